The molecule has 0 saturated heterocycles. The normalized spacial score (nSPS) is 10.1. The Labute approximate surface area is 125 Å². The predicted octanol–water partition coefficient (Wildman–Crippen LogP) is 2.99. The molecule has 6 heteroatoms. The molecule has 0 unspecified atom stereocenters. The van der Waals surface area contributed by atoms with Gasteiger partial charge in [0.05, 0.1) is 25.3 Å². The van der Waals surface area contributed by atoms with Gasteiger partial charge in [0.1, 0.15) is 11.6 Å². The van der Waals surface area contributed by atoms with E-state index in [0.29, 0.717) is 5.56 Å². The van der Waals surface area contributed by atoms with Crippen LogP contribution in [0.15, 0.2) is 36.4 Å². The number of aromatic carboxylic acids is 1. The molecule has 5 nitrogen and oxygen atoms in total. The van der Waals surface area contributed by atoms with Gasteiger partial charge in [-0.25, -0.2) is 14.0 Å². The van der Waals surface area contributed by atoms with Gasteiger partial charge in [0.2, 0.25) is 0 Å². The number of carboxylic acids is 1. The predicted molar refractivity (Wildman–Crippen MR) is 76.7 cm³/mol. The molecule has 0 aliphatic carbocycles. The van der Waals surface area contributed by atoms with E-state index in [0.717, 1.165) is 6.07 Å². The van der Waals surface area contributed by atoms with Crippen molar-refractivity contribution in [3.05, 3.63) is 53.3 Å². The fraction of sp³-hybridized carbons (Fsp3) is 0.125. The number of halogens is 1. The summed E-state index contributed by atoms with van der Waals surface area (Å²) in [6.07, 6.45) is 0. The van der Waals surface area contributed by atoms with Crippen molar-refractivity contribution >= 4 is 11.9 Å². The molecule has 0 heterocycles. The van der Waals surface area contributed by atoms with Gasteiger partial charge in [-0.2, -0.15) is 0 Å². The van der Waals surface area contributed by atoms with E-state index in [1.807, 2.05) is 0 Å². The highest BCUT2D eigenvalue weighted by Crippen LogP contribution is 2.29. The molecule has 2 aromatic rings. The zero-order chi connectivity index (χ0) is 16.3. The number of ether oxygens (including phenoxy) is 2. The summed E-state index contributed by atoms with van der Waals surface area (Å²) in [4.78, 5) is 22.7. The van der Waals surface area contributed by atoms with Crippen molar-refractivity contribution in [1.82, 2.24) is 0 Å². The second-order valence-electron chi connectivity index (χ2n) is 4.44. The lowest BCUT2D eigenvalue weighted by Crippen LogP contribution is -2.02. The molecule has 2 aromatic carbocycles. The topological polar surface area (TPSA) is 72.8 Å². The van der Waals surface area contributed by atoms with E-state index < -0.39 is 17.8 Å². The highest BCUT2D eigenvalue weighted by molar-refractivity contribution is 5.93. The van der Waals surface area contributed by atoms with E-state index in [4.69, 9.17) is 9.84 Å². The summed E-state index contributed by atoms with van der Waals surface area (Å²) >= 11 is 0. The Morgan fingerprint density at radius 1 is 1.05 bits per heavy atom. The lowest BCUT2D eigenvalue weighted by molar-refractivity contribution is 0.0599. The molecule has 0 atom stereocenters. The molecule has 0 saturated carbocycles. The fourth-order valence-corrected chi connectivity index (χ4v) is 1.99. The minimum absolute atomic E-state index is 0.0442. The quantitative estimate of drug-likeness (QED) is 0.879. The van der Waals surface area contributed by atoms with Gasteiger partial charge in [-0.1, -0.05) is 0 Å². The van der Waals surface area contributed by atoms with Gasteiger partial charge in [-0.05, 0) is 42.0 Å². The van der Waals surface area contributed by atoms with Crippen molar-refractivity contribution in [2.75, 3.05) is 14.2 Å². The van der Waals surface area contributed by atoms with Crippen LogP contribution in [0.2, 0.25) is 0 Å². The summed E-state index contributed by atoms with van der Waals surface area (Å²) in [7, 11) is 2.60. The Morgan fingerprint density at radius 2 is 1.77 bits per heavy atom. The van der Waals surface area contributed by atoms with E-state index in [9.17, 15) is 14.0 Å². The minimum Gasteiger partial charge on any atom is -0.497 e. The summed E-state index contributed by atoms with van der Waals surface area (Å²) in [5.41, 5.74) is 0.500. The fourth-order valence-electron chi connectivity index (χ4n) is 1.99. The highest BCUT2D eigenvalue weighted by Gasteiger charge is 2.14. The Kier molecular flexibility index (Phi) is 4.41. The monoisotopic (exact) mass is 304 g/mol. The standard InChI is InChI=1S/C16H13FO5/c1-21-12-6-10(5-11(7-12)15(18)19)13-8-9(16(20)22-2)3-4-14(13)17/h3-8H,1-2H3,(H,18,19). The van der Waals surface area contributed by atoms with Gasteiger partial charge in [-0.3, -0.25) is 0 Å². The van der Waals surface area contributed by atoms with Crippen molar-refractivity contribution in [3.63, 3.8) is 0 Å². The first-order valence-electron chi connectivity index (χ1n) is 6.27. The Hall–Kier alpha value is -2.89. The maximum absolute atomic E-state index is 14.1. The largest absolute Gasteiger partial charge is 0.497 e. The summed E-state index contributed by atoms with van der Waals surface area (Å²) in [6.45, 7) is 0. The number of benzene rings is 2. The van der Waals surface area contributed by atoms with E-state index in [1.165, 1.54) is 44.6 Å². The zero-order valence-electron chi connectivity index (χ0n) is 11.9. The Bertz CT molecular complexity index is 739. The third kappa shape index (κ3) is 3.06. The lowest BCUT2D eigenvalue weighted by Gasteiger charge is -2.09. The van der Waals surface area contributed by atoms with Crippen LogP contribution < -0.4 is 4.74 Å². The average molecular weight is 304 g/mol. The smallest absolute Gasteiger partial charge is 0.337 e. The number of esters is 1. The van der Waals surface area contributed by atoms with Gasteiger partial charge in [0, 0.05) is 5.56 Å². The van der Waals surface area contributed by atoms with Crippen molar-refractivity contribution < 1.29 is 28.6 Å². The summed E-state index contributed by atoms with van der Waals surface area (Å²) < 4.78 is 23.7. The van der Waals surface area contributed by atoms with Crippen LogP contribution in [0.25, 0.3) is 11.1 Å². The molecule has 0 bridgehead atoms. The first-order valence-corrected chi connectivity index (χ1v) is 6.27. The lowest BCUT2D eigenvalue weighted by atomic mass is 10.00. The Morgan fingerprint density at radius 3 is 2.36 bits per heavy atom. The van der Waals surface area contributed by atoms with Crippen LogP contribution in [0.5, 0.6) is 5.75 Å². The molecule has 0 aromatic heterocycles. The van der Waals surface area contributed by atoms with Gasteiger partial charge < -0.3 is 14.6 Å². The molecular formula is C16H13FO5. The molecule has 0 aliphatic heterocycles. The third-order valence-electron chi connectivity index (χ3n) is 3.09. The van der Waals surface area contributed by atoms with Gasteiger partial charge in [0.25, 0.3) is 0 Å². The number of methoxy groups -OCH3 is 2. The Balaban J connectivity index is 2.62. The van der Waals surface area contributed by atoms with Crippen molar-refractivity contribution in [2.24, 2.45) is 0 Å². The van der Waals surface area contributed by atoms with Crippen molar-refractivity contribution in [1.29, 1.82) is 0 Å². The second kappa shape index (κ2) is 6.26. The van der Waals surface area contributed by atoms with Gasteiger partial charge in [-0.15, -0.1) is 0 Å². The number of hydrogen-bond acceptors (Lipinski definition) is 4. The van der Waals surface area contributed by atoms with E-state index in [1.54, 1.807) is 0 Å². The van der Waals surface area contributed by atoms with E-state index >= 15 is 0 Å². The number of carboxylic acid groups (broad SMARTS) is 1. The van der Waals surface area contributed by atoms with Crippen LogP contribution in [-0.2, 0) is 4.74 Å². The molecule has 2 rings (SSSR count). The molecule has 0 fully saturated rings. The van der Waals surface area contributed by atoms with Crippen molar-refractivity contribution in [3.8, 4) is 16.9 Å². The second-order valence-corrected chi connectivity index (χ2v) is 4.44. The van der Waals surface area contributed by atoms with Crippen LogP contribution in [0.3, 0.4) is 0 Å². The number of rotatable bonds is 4. The maximum Gasteiger partial charge on any atom is 0.337 e. The molecule has 0 amide bonds. The zero-order valence-corrected chi connectivity index (χ0v) is 11.9. The van der Waals surface area contributed by atoms with Gasteiger partial charge in [0.15, 0.2) is 0 Å². The molecule has 114 valence electrons. The third-order valence-corrected chi connectivity index (χ3v) is 3.09. The minimum atomic E-state index is -1.16. The molecule has 0 radical (unpaired) electrons. The van der Waals surface area contributed by atoms with E-state index in [2.05, 4.69) is 4.74 Å². The molecule has 1 N–H and O–H groups in total. The molecule has 0 spiro atoms. The van der Waals surface area contributed by atoms with Crippen LogP contribution in [0.1, 0.15) is 20.7 Å². The average Bonchev–Trinajstić information content (AvgIpc) is 2.53. The van der Waals surface area contributed by atoms with Crippen LogP contribution in [0, 0.1) is 5.82 Å². The molecule has 22 heavy (non-hydrogen) atoms. The first kappa shape index (κ1) is 15.5. The highest BCUT2D eigenvalue weighted by atomic mass is 19.1. The number of carbonyl (C=O) groups is 2. The first-order chi connectivity index (χ1) is 10.5. The number of carbonyl (C=O) groups excluding carboxylic acids is 1. The SMILES string of the molecule is COC(=O)c1ccc(F)c(-c2cc(OC)cc(C(=O)O)c2)c1. The summed E-state index contributed by atoms with van der Waals surface area (Å²) in [5, 5.41) is 9.10. The molecular weight excluding hydrogens is 291 g/mol. The van der Waals surface area contributed by atoms with Gasteiger partial charge >= 0.3 is 11.9 Å². The van der Waals surface area contributed by atoms with Crippen LogP contribution >= 0.6 is 0 Å². The van der Waals surface area contributed by atoms with Crippen molar-refractivity contribution in [2.45, 2.75) is 0 Å². The maximum atomic E-state index is 14.1. The summed E-state index contributed by atoms with van der Waals surface area (Å²) in [6, 6.07) is 7.86. The number of hydrogen-bond donors (Lipinski definition) is 1. The summed E-state index contributed by atoms with van der Waals surface area (Å²) in [5.74, 6) is -2.08. The molecule has 0 aliphatic rings. The van der Waals surface area contributed by atoms with Crippen LogP contribution in [-0.4, -0.2) is 31.3 Å². The van der Waals surface area contributed by atoms with Crippen LogP contribution in [0.4, 0.5) is 4.39 Å². The van der Waals surface area contributed by atoms with E-state index in [-0.39, 0.29) is 22.4 Å².